The molecule has 2 heterocycles. The number of halogens is 1. The number of hydrogen-bond acceptors (Lipinski definition) is 1. The predicted molar refractivity (Wildman–Crippen MR) is 107 cm³/mol. The SMILES string of the molecule is C=C(C)CC1[C@H]2c3c(Br)cccc3[C@H](CC2(C)C)N1CCCCC. The first-order chi connectivity index (χ1) is 11.4. The molecule has 24 heavy (non-hydrogen) atoms. The van der Waals surface area contributed by atoms with Gasteiger partial charge >= 0.3 is 0 Å². The van der Waals surface area contributed by atoms with E-state index in [1.807, 2.05) is 0 Å². The highest BCUT2D eigenvalue weighted by molar-refractivity contribution is 9.10. The third-order valence-corrected chi connectivity index (χ3v) is 6.80. The Bertz CT molecular complexity index is 618. The molecule has 1 saturated heterocycles. The van der Waals surface area contributed by atoms with E-state index in [1.165, 1.54) is 42.3 Å². The molecule has 2 aliphatic heterocycles. The molecule has 132 valence electrons. The minimum atomic E-state index is 0.350. The Morgan fingerprint density at radius 2 is 2.08 bits per heavy atom. The lowest BCUT2D eigenvalue weighted by atomic mass is 9.57. The van der Waals surface area contributed by atoms with Crippen molar-refractivity contribution in [1.82, 2.24) is 4.90 Å². The van der Waals surface area contributed by atoms with Crippen LogP contribution in [0.1, 0.15) is 82.9 Å². The Kier molecular flexibility index (Phi) is 5.28. The van der Waals surface area contributed by atoms with E-state index in [0.717, 1.165) is 6.42 Å². The van der Waals surface area contributed by atoms with Crippen LogP contribution in [-0.2, 0) is 0 Å². The van der Waals surface area contributed by atoms with Crippen LogP contribution in [0.3, 0.4) is 0 Å². The molecule has 2 bridgehead atoms. The molecule has 4 rings (SSSR count). The van der Waals surface area contributed by atoms with Crippen LogP contribution in [0.5, 0.6) is 0 Å². The van der Waals surface area contributed by atoms with Gasteiger partial charge in [0.2, 0.25) is 0 Å². The number of benzene rings is 1. The molecule has 1 nitrogen and oxygen atoms in total. The largest absolute Gasteiger partial charge is 0.292 e. The lowest BCUT2D eigenvalue weighted by Crippen LogP contribution is -2.56. The summed E-state index contributed by atoms with van der Waals surface area (Å²) in [5.41, 5.74) is 4.82. The standard InChI is InChI=1S/C22H32BrN/c1-6-7-8-12-24-18(13-15(2)3)21-20-16(10-9-11-17(20)23)19(24)14-22(21,4)5/h9-11,18-19,21H,2,6-8,12-14H2,1,3-5H3/t18?,19-,21-/m0/s1. The van der Waals surface area contributed by atoms with Crippen molar-refractivity contribution >= 4 is 15.9 Å². The Hall–Kier alpha value is -0.600. The third kappa shape index (κ3) is 3.12. The number of hydrogen-bond donors (Lipinski definition) is 0. The highest BCUT2D eigenvalue weighted by Gasteiger charge is 2.53. The van der Waals surface area contributed by atoms with Gasteiger partial charge in [-0.15, -0.1) is 6.58 Å². The maximum absolute atomic E-state index is 4.25. The van der Waals surface area contributed by atoms with Gasteiger partial charge in [0.15, 0.2) is 0 Å². The van der Waals surface area contributed by atoms with E-state index in [4.69, 9.17) is 0 Å². The fourth-order valence-corrected chi connectivity index (χ4v) is 5.82. The molecule has 1 aliphatic carbocycles. The summed E-state index contributed by atoms with van der Waals surface area (Å²) in [7, 11) is 0. The van der Waals surface area contributed by atoms with Gasteiger partial charge in [0.05, 0.1) is 0 Å². The third-order valence-electron chi connectivity index (χ3n) is 6.11. The number of nitrogens with zero attached hydrogens (tertiary/aromatic N) is 1. The van der Waals surface area contributed by atoms with Crippen LogP contribution in [0.25, 0.3) is 0 Å². The number of fused-ring (bicyclic) bond motifs is 2. The predicted octanol–water partition coefficient (Wildman–Crippen LogP) is 6.84. The molecule has 3 atom stereocenters. The Morgan fingerprint density at radius 3 is 2.75 bits per heavy atom. The molecular formula is C22H32BrN. The maximum atomic E-state index is 4.25. The molecular weight excluding hydrogens is 358 g/mol. The van der Waals surface area contributed by atoms with Gasteiger partial charge in [-0.05, 0) is 55.3 Å². The van der Waals surface area contributed by atoms with Crippen LogP contribution in [-0.4, -0.2) is 17.5 Å². The Labute approximate surface area is 156 Å². The number of unbranched alkanes of at least 4 members (excludes halogenated alkanes) is 2. The van der Waals surface area contributed by atoms with Gasteiger partial charge in [-0.25, -0.2) is 0 Å². The summed E-state index contributed by atoms with van der Waals surface area (Å²) in [6.45, 7) is 14.9. The highest BCUT2D eigenvalue weighted by Crippen LogP contribution is 2.61. The average molecular weight is 390 g/mol. The quantitative estimate of drug-likeness (QED) is 0.379. The summed E-state index contributed by atoms with van der Waals surface area (Å²) in [4.78, 5) is 2.83. The number of rotatable bonds is 6. The van der Waals surface area contributed by atoms with Crippen molar-refractivity contribution in [2.24, 2.45) is 5.41 Å². The Balaban J connectivity index is 2.04. The lowest BCUT2D eigenvalue weighted by Gasteiger charge is -2.60. The van der Waals surface area contributed by atoms with Crippen LogP contribution < -0.4 is 0 Å². The van der Waals surface area contributed by atoms with Gasteiger partial charge < -0.3 is 0 Å². The van der Waals surface area contributed by atoms with Crippen molar-refractivity contribution in [3.63, 3.8) is 0 Å². The van der Waals surface area contributed by atoms with E-state index in [1.54, 1.807) is 11.1 Å². The molecule has 0 saturated carbocycles. The molecule has 0 amide bonds. The van der Waals surface area contributed by atoms with E-state index in [2.05, 4.69) is 73.3 Å². The van der Waals surface area contributed by atoms with Crippen LogP contribution in [0.2, 0.25) is 0 Å². The first kappa shape index (κ1) is 18.2. The average Bonchev–Trinajstić information content (AvgIpc) is 2.49. The maximum Gasteiger partial charge on any atom is 0.0359 e. The molecule has 1 aromatic rings. The lowest BCUT2D eigenvalue weighted by molar-refractivity contribution is -0.0268. The Morgan fingerprint density at radius 1 is 1.33 bits per heavy atom. The van der Waals surface area contributed by atoms with Gasteiger partial charge in [0.1, 0.15) is 0 Å². The van der Waals surface area contributed by atoms with Crippen LogP contribution >= 0.6 is 15.9 Å². The summed E-state index contributed by atoms with van der Waals surface area (Å²) >= 11 is 3.87. The molecule has 1 unspecified atom stereocenters. The van der Waals surface area contributed by atoms with E-state index in [9.17, 15) is 0 Å². The molecule has 3 aliphatic rings. The summed E-state index contributed by atoms with van der Waals surface area (Å²) in [5, 5.41) is 0. The zero-order chi connectivity index (χ0) is 17.5. The van der Waals surface area contributed by atoms with Crippen LogP contribution in [0.15, 0.2) is 34.8 Å². The van der Waals surface area contributed by atoms with Crippen molar-refractivity contribution in [2.75, 3.05) is 6.54 Å². The second-order valence-electron chi connectivity index (χ2n) is 8.60. The van der Waals surface area contributed by atoms with Gasteiger partial charge in [-0.1, -0.05) is 67.2 Å². The normalized spacial score (nSPS) is 28.0. The first-order valence-corrected chi connectivity index (χ1v) is 10.3. The zero-order valence-corrected chi connectivity index (χ0v) is 17.3. The number of piperidine rings is 1. The topological polar surface area (TPSA) is 3.24 Å². The molecule has 1 fully saturated rings. The molecule has 0 spiro atoms. The fourth-order valence-electron chi connectivity index (χ4n) is 5.19. The van der Waals surface area contributed by atoms with Crippen molar-refractivity contribution in [2.45, 2.75) is 77.8 Å². The minimum absolute atomic E-state index is 0.350. The van der Waals surface area contributed by atoms with E-state index < -0.39 is 0 Å². The smallest absolute Gasteiger partial charge is 0.0359 e. The van der Waals surface area contributed by atoms with Gasteiger partial charge in [-0.2, -0.15) is 0 Å². The first-order valence-electron chi connectivity index (χ1n) is 9.55. The monoisotopic (exact) mass is 389 g/mol. The van der Waals surface area contributed by atoms with Crippen molar-refractivity contribution < 1.29 is 0 Å². The van der Waals surface area contributed by atoms with Crippen molar-refractivity contribution in [3.05, 3.63) is 46.0 Å². The van der Waals surface area contributed by atoms with Gasteiger partial charge in [-0.3, -0.25) is 4.90 Å². The second kappa shape index (κ2) is 6.96. The zero-order valence-electron chi connectivity index (χ0n) is 15.7. The minimum Gasteiger partial charge on any atom is -0.292 e. The summed E-state index contributed by atoms with van der Waals surface area (Å²) in [6, 6.07) is 7.98. The van der Waals surface area contributed by atoms with E-state index >= 15 is 0 Å². The summed E-state index contributed by atoms with van der Waals surface area (Å²) < 4.78 is 1.31. The molecule has 0 aromatic heterocycles. The van der Waals surface area contributed by atoms with Crippen molar-refractivity contribution in [1.29, 1.82) is 0 Å². The molecule has 2 heteroatoms. The van der Waals surface area contributed by atoms with Crippen LogP contribution in [0, 0.1) is 5.41 Å². The van der Waals surface area contributed by atoms with Gasteiger partial charge in [0.25, 0.3) is 0 Å². The van der Waals surface area contributed by atoms with E-state index in [-0.39, 0.29) is 0 Å². The highest BCUT2D eigenvalue weighted by atomic mass is 79.9. The van der Waals surface area contributed by atoms with E-state index in [0.29, 0.717) is 23.4 Å². The second-order valence-corrected chi connectivity index (χ2v) is 9.46. The summed E-state index contributed by atoms with van der Waals surface area (Å²) in [5.74, 6) is 0.589. The molecule has 0 radical (unpaired) electrons. The summed E-state index contributed by atoms with van der Waals surface area (Å²) in [6.07, 6.45) is 6.34. The van der Waals surface area contributed by atoms with Gasteiger partial charge in [0, 0.05) is 22.5 Å². The molecule has 0 N–H and O–H groups in total. The van der Waals surface area contributed by atoms with Crippen molar-refractivity contribution in [3.8, 4) is 0 Å². The van der Waals surface area contributed by atoms with Crippen LogP contribution in [0.4, 0.5) is 0 Å². The molecule has 1 aromatic carbocycles. The fraction of sp³-hybridized carbons (Fsp3) is 0.636.